The van der Waals surface area contributed by atoms with E-state index in [1.807, 2.05) is 56.3 Å². The third-order valence-corrected chi connectivity index (χ3v) is 6.93. The average Bonchev–Trinajstić information content (AvgIpc) is 2.83. The number of ether oxygens (including phenoxy) is 1. The number of nitrogens with zero attached hydrogens (tertiary/aromatic N) is 4. The monoisotopic (exact) mass is 503 g/mol. The Kier molecular flexibility index (Phi) is 6.77. The number of benzene rings is 1. The lowest BCUT2D eigenvalue weighted by atomic mass is 10.0. The molecule has 186 valence electrons. The normalized spacial score (nSPS) is 20.0. The Morgan fingerprint density at radius 1 is 1.08 bits per heavy atom. The number of anilines is 1. The summed E-state index contributed by atoms with van der Waals surface area (Å²) < 4.78 is 7.52. The van der Waals surface area contributed by atoms with E-state index in [0.717, 1.165) is 35.2 Å². The molecule has 1 fully saturated rings. The standard InChI is InChI=1S/C28H30ClN5O2/c1-5-34-26-20(15-30-28(33-26)32-21-11-17(3)36-18(4)12-21)13-23(27(34)35)22-10-9-19(14-24(22)29)25-8-6-7-16(2)31-25/h6-10,13-15,17-18,21H,5,11-12H2,1-4H3,(H,30,32,33)/t17-,18+,21?. The van der Waals surface area contributed by atoms with Gasteiger partial charge in [-0.2, -0.15) is 4.98 Å². The predicted octanol–water partition coefficient (Wildman–Crippen LogP) is 5.87. The molecule has 0 radical (unpaired) electrons. The Morgan fingerprint density at radius 2 is 1.86 bits per heavy atom. The fourth-order valence-electron chi connectivity index (χ4n) is 5.02. The number of hydrogen-bond acceptors (Lipinski definition) is 6. The minimum absolute atomic E-state index is 0.133. The van der Waals surface area contributed by atoms with Crippen LogP contribution in [0.25, 0.3) is 33.4 Å². The van der Waals surface area contributed by atoms with E-state index < -0.39 is 0 Å². The maximum absolute atomic E-state index is 13.5. The average molecular weight is 504 g/mol. The van der Waals surface area contributed by atoms with Crippen LogP contribution in [0, 0.1) is 6.92 Å². The zero-order chi connectivity index (χ0) is 25.4. The van der Waals surface area contributed by atoms with Gasteiger partial charge in [-0.3, -0.25) is 14.3 Å². The summed E-state index contributed by atoms with van der Waals surface area (Å²) in [6.07, 6.45) is 3.91. The molecular formula is C28H30ClN5O2. The number of aryl methyl sites for hydroxylation is 2. The maximum atomic E-state index is 13.5. The SMILES string of the molecule is CCn1c(=O)c(-c2ccc(-c3cccc(C)n3)cc2Cl)cc2cnc(NC3C[C@@H](C)O[C@@H](C)C3)nc21. The van der Waals surface area contributed by atoms with Gasteiger partial charge in [0.05, 0.1) is 17.9 Å². The summed E-state index contributed by atoms with van der Waals surface area (Å²) in [4.78, 5) is 27.4. The van der Waals surface area contributed by atoms with Crippen LogP contribution in [0.1, 0.15) is 39.3 Å². The van der Waals surface area contributed by atoms with Gasteiger partial charge in [0.25, 0.3) is 5.56 Å². The molecule has 0 amide bonds. The van der Waals surface area contributed by atoms with E-state index in [1.165, 1.54) is 0 Å². The first-order valence-electron chi connectivity index (χ1n) is 12.4. The smallest absolute Gasteiger partial charge is 0.260 e. The van der Waals surface area contributed by atoms with E-state index in [4.69, 9.17) is 21.3 Å². The maximum Gasteiger partial charge on any atom is 0.260 e. The molecule has 1 saturated heterocycles. The largest absolute Gasteiger partial charge is 0.375 e. The number of aromatic nitrogens is 4. The molecule has 3 atom stereocenters. The van der Waals surface area contributed by atoms with E-state index in [9.17, 15) is 4.79 Å². The molecular weight excluding hydrogens is 474 g/mol. The lowest BCUT2D eigenvalue weighted by molar-refractivity contribution is -0.0338. The van der Waals surface area contributed by atoms with Gasteiger partial charge in [-0.05, 0) is 64.8 Å². The van der Waals surface area contributed by atoms with Gasteiger partial charge >= 0.3 is 0 Å². The molecule has 0 bridgehead atoms. The van der Waals surface area contributed by atoms with Crippen molar-refractivity contribution in [3.8, 4) is 22.4 Å². The first-order chi connectivity index (χ1) is 17.3. The summed E-state index contributed by atoms with van der Waals surface area (Å²) in [6, 6.07) is 13.6. The van der Waals surface area contributed by atoms with Gasteiger partial charge in [-0.15, -0.1) is 0 Å². The van der Waals surface area contributed by atoms with Crippen LogP contribution < -0.4 is 10.9 Å². The van der Waals surface area contributed by atoms with Gasteiger partial charge in [0, 0.05) is 51.6 Å². The first kappa shape index (κ1) is 24.4. The first-order valence-corrected chi connectivity index (χ1v) is 12.8. The molecule has 5 rings (SSSR count). The third kappa shape index (κ3) is 4.86. The topological polar surface area (TPSA) is 81.9 Å². The van der Waals surface area contributed by atoms with E-state index in [2.05, 4.69) is 29.1 Å². The molecule has 0 spiro atoms. The second-order valence-corrected chi connectivity index (χ2v) is 9.92. The third-order valence-electron chi connectivity index (χ3n) is 6.62. The van der Waals surface area contributed by atoms with Crippen LogP contribution in [0.5, 0.6) is 0 Å². The predicted molar refractivity (Wildman–Crippen MR) is 145 cm³/mol. The molecule has 1 aromatic carbocycles. The van der Waals surface area contributed by atoms with Gasteiger partial charge in [0.2, 0.25) is 5.95 Å². The lowest BCUT2D eigenvalue weighted by Gasteiger charge is -2.32. The fourth-order valence-corrected chi connectivity index (χ4v) is 5.30. The summed E-state index contributed by atoms with van der Waals surface area (Å²) in [5.41, 5.74) is 4.35. The molecule has 4 heterocycles. The zero-order valence-electron chi connectivity index (χ0n) is 21.0. The summed E-state index contributed by atoms with van der Waals surface area (Å²) >= 11 is 6.70. The lowest BCUT2D eigenvalue weighted by Crippen LogP contribution is -2.37. The van der Waals surface area contributed by atoms with Crippen LogP contribution in [-0.4, -0.2) is 37.8 Å². The molecule has 3 aromatic heterocycles. The number of fused-ring (bicyclic) bond motifs is 1. The summed E-state index contributed by atoms with van der Waals surface area (Å²) in [6.45, 7) is 8.53. The van der Waals surface area contributed by atoms with E-state index >= 15 is 0 Å². The molecule has 1 aliphatic rings. The van der Waals surface area contributed by atoms with Crippen molar-refractivity contribution in [1.82, 2.24) is 19.5 Å². The molecule has 0 aliphatic carbocycles. The Hall–Kier alpha value is -3.29. The molecule has 0 saturated carbocycles. The van der Waals surface area contributed by atoms with Crippen molar-refractivity contribution in [2.45, 2.75) is 65.3 Å². The van der Waals surface area contributed by atoms with Gasteiger partial charge in [0.1, 0.15) is 5.65 Å². The molecule has 1 aliphatic heterocycles. The molecule has 1 unspecified atom stereocenters. The Bertz CT molecular complexity index is 1480. The van der Waals surface area contributed by atoms with Gasteiger partial charge in [0.15, 0.2) is 0 Å². The second kappa shape index (κ2) is 9.99. The molecule has 8 heteroatoms. The van der Waals surface area contributed by atoms with Crippen molar-refractivity contribution >= 4 is 28.6 Å². The van der Waals surface area contributed by atoms with Crippen molar-refractivity contribution < 1.29 is 4.74 Å². The quantitative estimate of drug-likeness (QED) is 0.367. The highest BCUT2D eigenvalue weighted by Gasteiger charge is 2.25. The molecule has 1 N–H and O–H groups in total. The van der Waals surface area contributed by atoms with Gasteiger partial charge in [-0.25, -0.2) is 4.98 Å². The number of rotatable bonds is 5. The summed E-state index contributed by atoms with van der Waals surface area (Å²) in [7, 11) is 0. The highest BCUT2D eigenvalue weighted by Crippen LogP contribution is 2.32. The molecule has 4 aromatic rings. The second-order valence-electron chi connectivity index (χ2n) is 9.51. The van der Waals surface area contributed by atoms with Gasteiger partial charge < -0.3 is 10.1 Å². The van der Waals surface area contributed by atoms with Crippen LogP contribution in [0.2, 0.25) is 5.02 Å². The van der Waals surface area contributed by atoms with Crippen molar-refractivity contribution in [2.24, 2.45) is 0 Å². The Balaban J connectivity index is 1.51. The number of hydrogen-bond donors (Lipinski definition) is 1. The highest BCUT2D eigenvalue weighted by molar-refractivity contribution is 6.33. The number of pyridine rings is 2. The van der Waals surface area contributed by atoms with Crippen molar-refractivity contribution in [3.63, 3.8) is 0 Å². The number of halogens is 1. The Labute approximate surface area is 215 Å². The summed E-state index contributed by atoms with van der Waals surface area (Å²) in [5, 5.41) is 4.72. The Morgan fingerprint density at radius 3 is 2.56 bits per heavy atom. The van der Waals surface area contributed by atoms with Crippen molar-refractivity contribution in [1.29, 1.82) is 0 Å². The summed E-state index contributed by atoms with van der Waals surface area (Å²) in [5.74, 6) is 0.524. The zero-order valence-corrected chi connectivity index (χ0v) is 21.7. The van der Waals surface area contributed by atoms with Gasteiger partial charge in [-0.1, -0.05) is 29.8 Å². The van der Waals surface area contributed by atoms with E-state index in [0.29, 0.717) is 34.3 Å². The minimum Gasteiger partial charge on any atom is -0.375 e. The van der Waals surface area contributed by atoms with Crippen molar-refractivity contribution in [2.75, 3.05) is 5.32 Å². The van der Waals surface area contributed by atoms with E-state index in [1.54, 1.807) is 10.8 Å². The number of nitrogens with one attached hydrogen (secondary N) is 1. The fraction of sp³-hybridized carbons (Fsp3) is 0.357. The van der Waals surface area contributed by atoms with Crippen LogP contribution in [0.15, 0.2) is 53.5 Å². The molecule has 36 heavy (non-hydrogen) atoms. The van der Waals surface area contributed by atoms with Crippen molar-refractivity contribution in [3.05, 3.63) is 69.7 Å². The van der Waals surface area contributed by atoms with Crippen LogP contribution >= 0.6 is 11.6 Å². The minimum atomic E-state index is -0.133. The van der Waals surface area contributed by atoms with E-state index in [-0.39, 0.29) is 23.8 Å². The van der Waals surface area contributed by atoms with Crippen LogP contribution in [-0.2, 0) is 11.3 Å². The van der Waals surface area contributed by atoms with Crippen LogP contribution in [0.3, 0.4) is 0 Å². The molecule has 7 nitrogen and oxygen atoms in total. The van der Waals surface area contributed by atoms with Crippen LogP contribution in [0.4, 0.5) is 5.95 Å². The highest BCUT2D eigenvalue weighted by atomic mass is 35.5.